The maximum atomic E-state index is 13.1. The van der Waals surface area contributed by atoms with Gasteiger partial charge in [0.15, 0.2) is 5.78 Å². The van der Waals surface area contributed by atoms with Crippen molar-refractivity contribution in [3.8, 4) is 5.75 Å². The van der Waals surface area contributed by atoms with E-state index in [0.717, 1.165) is 21.5 Å². The first-order valence-corrected chi connectivity index (χ1v) is 14.4. The zero-order chi connectivity index (χ0) is 31.2. The van der Waals surface area contributed by atoms with Crippen LogP contribution in [0.25, 0.3) is 21.5 Å². The number of ether oxygens (including phenoxy) is 1. The van der Waals surface area contributed by atoms with Gasteiger partial charge in [0.05, 0.1) is 18.2 Å². The Morgan fingerprint density at radius 3 is 2.18 bits per heavy atom. The summed E-state index contributed by atoms with van der Waals surface area (Å²) in [7, 11) is 0. The fraction of sp³-hybridized carbons (Fsp3) is 0.265. The largest absolute Gasteiger partial charge is 0.486 e. The molecule has 10 nitrogen and oxygen atoms in total. The van der Waals surface area contributed by atoms with Crippen LogP contribution in [-0.2, 0) is 19.2 Å². The molecule has 2 unspecified atom stereocenters. The quantitative estimate of drug-likeness (QED) is 0.219. The van der Waals surface area contributed by atoms with Crippen LogP contribution in [0.5, 0.6) is 5.75 Å². The summed E-state index contributed by atoms with van der Waals surface area (Å²) >= 11 is 0. The highest BCUT2D eigenvalue weighted by Crippen LogP contribution is 2.22. The van der Waals surface area contributed by atoms with Gasteiger partial charge < -0.3 is 25.3 Å². The van der Waals surface area contributed by atoms with Crippen LogP contribution in [0.3, 0.4) is 0 Å². The summed E-state index contributed by atoms with van der Waals surface area (Å²) in [4.78, 5) is 56.1. The van der Waals surface area contributed by atoms with Crippen LogP contribution in [0.1, 0.15) is 37.0 Å². The SMILES string of the molecule is CC(C)C(NC(=O)c1ccc2ccccc2c1)C1=NOC(C(=O)N[C@@H](CC(=O)O)C(=O)COc2ccc3ccccc3c2)C1. The number of hydrogen-bond acceptors (Lipinski definition) is 7. The highest BCUT2D eigenvalue weighted by Gasteiger charge is 2.36. The number of nitrogens with zero attached hydrogens (tertiary/aromatic N) is 1. The smallest absolute Gasteiger partial charge is 0.305 e. The summed E-state index contributed by atoms with van der Waals surface area (Å²) in [6.45, 7) is 3.40. The molecule has 4 aromatic rings. The number of Topliss-reactive ketones (excluding diaryl/α,β-unsaturated/α-hetero) is 1. The summed E-state index contributed by atoms with van der Waals surface area (Å²) in [5.74, 6) is -2.45. The standard InChI is InChI=1S/C34H33N3O7/c1-20(2)32(36-33(41)25-12-11-21-7-3-5-9-23(21)15-25)28-17-30(44-37-28)34(42)35-27(18-31(39)40)29(38)19-43-26-14-13-22-8-4-6-10-24(22)16-26/h3-16,20,27,30,32H,17-19H2,1-2H3,(H,35,42)(H,36,41)(H,39,40)/t27-,30?,32?/m0/s1. The van der Waals surface area contributed by atoms with Crippen LogP contribution in [-0.4, -0.2) is 59.2 Å². The number of carboxylic acids is 1. The van der Waals surface area contributed by atoms with Crippen molar-refractivity contribution < 1.29 is 33.9 Å². The molecule has 44 heavy (non-hydrogen) atoms. The second-order valence-corrected chi connectivity index (χ2v) is 11.1. The number of benzene rings is 4. The van der Waals surface area contributed by atoms with Crippen molar-refractivity contribution in [1.29, 1.82) is 0 Å². The van der Waals surface area contributed by atoms with E-state index in [1.165, 1.54) is 0 Å². The second-order valence-electron chi connectivity index (χ2n) is 11.1. The first-order chi connectivity index (χ1) is 21.2. The normalized spacial score (nSPS) is 15.7. The third-order valence-corrected chi connectivity index (χ3v) is 7.49. The zero-order valence-corrected chi connectivity index (χ0v) is 24.4. The number of ketones is 1. The van der Waals surface area contributed by atoms with Crippen molar-refractivity contribution >= 4 is 50.8 Å². The molecule has 0 radical (unpaired) electrons. The fourth-order valence-electron chi connectivity index (χ4n) is 5.11. The van der Waals surface area contributed by atoms with E-state index in [9.17, 15) is 24.3 Å². The molecule has 1 aliphatic rings. The van der Waals surface area contributed by atoms with Crippen LogP contribution in [0.15, 0.2) is 90.1 Å². The van der Waals surface area contributed by atoms with Crippen LogP contribution in [0.2, 0.25) is 0 Å². The third kappa shape index (κ3) is 7.20. The van der Waals surface area contributed by atoms with Gasteiger partial charge in [0.25, 0.3) is 11.8 Å². The number of aliphatic carboxylic acids is 1. The lowest BCUT2D eigenvalue weighted by molar-refractivity contribution is -0.141. The molecule has 0 aromatic heterocycles. The number of hydrogen-bond donors (Lipinski definition) is 3. The van der Waals surface area contributed by atoms with E-state index in [1.807, 2.05) is 80.6 Å². The van der Waals surface area contributed by atoms with Crippen molar-refractivity contribution in [2.24, 2.45) is 11.1 Å². The molecular weight excluding hydrogens is 562 g/mol. The lowest BCUT2D eigenvalue weighted by Gasteiger charge is -2.22. The van der Waals surface area contributed by atoms with Gasteiger partial charge in [-0.25, -0.2) is 0 Å². The van der Waals surface area contributed by atoms with Crippen LogP contribution in [0, 0.1) is 5.92 Å². The minimum atomic E-state index is -1.33. The average molecular weight is 596 g/mol. The van der Waals surface area contributed by atoms with Gasteiger partial charge in [0.2, 0.25) is 6.10 Å². The molecule has 0 spiro atoms. The Bertz CT molecular complexity index is 1750. The first-order valence-electron chi connectivity index (χ1n) is 14.4. The molecule has 0 bridgehead atoms. The minimum Gasteiger partial charge on any atom is -0.486 e. The Kier molecular flexibility index (Phi) is 9.18. The van der Waals surface area contributed by atoms with E-state index in [1.54, 1.807) is 18.2 Å². The predicted molar refractivity (Wildman–Crippen MR) is 166 cm³/mol. The van der Waals surface area contributed by atoms with Gasteiger partial charge in [-0.05, 0) is 51.7 Å². The van der Waals surface area contributed by atoms with Crippen LogP contribution >= 0.6 is 0 Å². The third-order valence-electron chi connectivity index (χ3n) is 7.49. The Hall–Kier alpha value is -5.25. The predicted octanol–water partition coefficient (Wildman–Crippen LogP) is 4.50. The molecule has 0 saturated heterocycles. The molecule has 5 rings (SSSR count). The molecule has 226 valence electrons. The summed E-state index contributed by atoms with van der Waals surface area (Å²) in [6, 6.07) is 24.4. The number of carboxylic acid groups (broad SMARTS) is 1. The second kappa shape index (κ2) is 13.4. The number of rotatable bonds is 12. The van der Waals surface area contributed by atoms with Crippen molar-refractivity contribution in [3.63, 3.8) is 0 Å². The highest BCUT2D eigenvalue weighted by atomic mass is 16.6. The first kappa shape index (κ1) is 30.2. The fourth-order valence-corrected chi connectivity index (χ4v) is 5.11. The van der Waals surface area contributed by atoms with E-state index < -0.39 is 48.9 Å². The summed E-state index contributed by atoms with van der Waals surface area (Å²) in [5, 5.41) is 22.9. The Morgan fingerprint density at radius 1 is 0.886 bits per heavy atom. The summed E-state index contributed by atoms with van der Waals surface area (Å²) in [5.41, 5.74) is 0.958. The zero-order valence-electron chi connectivity index (χ0n) is 24.4. The molecule has 1 aliphatic heterocycles. The number of oxime groups is 1. The van der Waals surface area contributed by atoms with Gasteiger partial charge >= 0.3 is 5.97 Å². The van der Waals surface area contributed by atoms with E-state index in [2.05, 4.69) is 15.8 Å². The molecule has 3 atom stereocenters. The molecule has 2 amide bonds. The Labute approximate surface area is 254 Å². The van der Waals surface area contributed by atoms with E-state index in [0.29, 0.717) is 17.0 Å². The molecule has 1 heterocycles. The molecule has 3 N–H and O–H groups in total. The minimum absolute atomic E-state index is 0.0637. The molecule has 10 heteroatoms. The van der Waals surface area contributed by atoms with Crippen LogP contribution < -0.4 is 15.4 Å². The molecule has 0 aliphatic carbocycles. The van der Waals surface area contributed by atoms with Gasteiger partial charge in [-0.15, -0.1) is 0 Å². The van der Waals surface area contributed by atoms with Crippen molar-refractivity contribution in [2.75, 3.05) is 6.61 Å². The van der Waals surface area contributed by atoms with E-state index >= 15 is 0 Å². The monoisotopic (exact) mass is 595 g/mol. The van der Waals surface area contributed by atoms with Crippen molar-refractivity contribution in [1.82, 2.24) is 10.6 Å². The maximum absolute atomic E-state index is 13.1. The van der Waals surface area contributed by atoms with Crippen molar-refractivity contribution in [3.05, 3.63) is 90.5 Å². The Balaban J connectivity index is 1.19. The van der Waals surface area contributed by atoms with Gasteiger partial charge in [-0.1, -0.05) is 79.7 Å². The number of nitrogens with one attached hydrogen (secondary N) is 2. The molecule has 0 saturated carbocycles. The summed E-state index contributed by atoms with van der Waals surface area (Å²) in [6.07, 6.45) is -1.65. The molecule has 4 aromatic carbocycles. The maximum Gasteiger partial charge on any atom is 0.305 e. The average Bonchev–Trinajstić information content (AvgIpc) is 3.51. The van der Waals surface area contributed by atoms with Crippen LogP contribution in [0.4, 0.5) is 0 Å². The number of carbonyl (C=O) groups excluding carboxylic acids is 3. The topological polar surface area (TPSA) is 143 Å². The number of carbonyl (C=O) groups is 4. The molecular formula is C34H33N3O7. The van der Waals surface area contributed by atoms with Gasteiger partial charge in [-0.2, -0.15) is 0 Å². The van der Waals surface area contributed by atoms with Crippen molar-refractivity contribution in [2.45, 2.75) is 44.9 Å². The lowest BCUT2D eigenvalue weighted by Crippen LogP contribution is -2.49. The Morgan fingerprint density at radius 2 is 1.52 bits per heavy atom. The van der Waals surface area contributed by atoms with E-state index in [-0.39, 0.29) is 18.2 Å². The number of amides is 2. The molecule has 0 fully saturated rings. The lowest BCUT2D eigenvalue weighted by atomic mass is 9.95. The highest BCUT2D eigenvalue weighted by molar-refractivity contribution is 6.03. The van der Waals surface area contributed by atoms with E-state index in [4.69, 9.17) is 9.57 Å². The van der Waals surface area contributed by atoms with Gasteiger partial charge in [0, 0.05) is 12.0 Å². The number of fused-ring (bicyclic) bond motifs is 2. The summed E-state index contributed by atoms with van der Waals surface area (Å²) < 4.78 is 5.63. The van der Waals surface area contributed by atoms with Gasteiger partial charge in [-0.3, -0.25) is 19.2 Å². The van der Waals surface area contributed by atoms with Gasteiger partial charge in [0.1, 0.15) is 18.4 Å².